The van der Waals surface area contributed by atoms with Gasteiger partial charge in [-0.3, -0.25) is 23.3 Å². The van der Waals surface area contributed by atoms with Gasteiger partial charge in [-0.05, 0) is 71.7 Å². The Bertz CT molecular complexity index is 2230. The summed E-state index contributed by atoms with van der Waals surface area (Å²) < 4.78 is 36.1. The van der Waals surface area contributed by atoms with Crippen LogP contribution in [0.5, 0.6) is 5.88 Å². The molecule has 0 spiro atoms. The predicted molar refractivity (Wildman–Crippen MR) is 216 cm³/mol. The number of hydrogen-bond acceptors (Lipinski definition) is 7. The van der Waals surface area contributed by atoms with Crippen LogP contribution in [0, 0.1) is 11.3 Å². The van der Waals surface area contributed by atoms with Crippen molar-refractivity contribution in [3.8, 4) is 17.6 Å². The maximum absolute atomic E-state index is 13.5. The van der Waals surface area contributed by atoms with Gasteiger partial charge in [-0.2, -0.15) is 18.2 Å². The van der Waals surface area contributed by atoms with Crippen LogP contribution >= 0.6 is 22.6 Å². The van der Waals surface area contributed by atoms with Gasteiger partial charge in [0, 0.05) is 62.4 Å². The summed E-state index contributed by atoms with van der Waals surface area (Å²) in [7, 11) is -2.71. The second-order valence-electron chi connectivity index (χ2n) is 14.6. The SMILES string of the molecule is CC[NH+](C(C)C)C(C)CCn1c(=O)c(/C=C/C=C(\C#N)c2cc[n+]3c(c2)C(C)(C)c2cc(CN(CCCS(=O)(=O)O)C(=O)CI)ccc2-3)c(O)n(C)c1=O. The number of nitriles is 1. The van der Waals surface area contributed by atoms with Crippen LogP contribution < -0.4 is 20.7 Å². The number of allylic oxidation sites excluding steroid dienone is 3. The molecule has 0 fully saturated rings. The van der Waals surface area contributed by atoms with Gasteiger partial charge in [-0.1, -0.05) is 34.7 Å². The highest BCUT2D eigenvalue weighted by Crippen LogP contribution is 2.39. The van der Waals surface area contributed by atoms with Gasteiger partial charge in [-0.25, -0.2) is 4.79 Å². The Morgan fingerprint density at radius 2 is 1.89 bits per heavy atom. The molecule has 2 unspecified atom stereocenters. The molecule has 290 valence electrons. The van der Waals surface area contributed by atoms with Crippen LogP contribution in [0.15, 0.2) is 58.3 Å². The number of aromatic nitrogens is 3. The van der Waals surface area contributed by atoms with Gasteiger partial charge in [0.25, 0.3) is 15.7 Å². The second-order valence-corrected chi connectivity index (χ2v) is 16.9. The Morgan fingerprint density at radius 1 is 1.19 bits per heavy atom. The largest absolute Gasteiger partial charge is 0.494 e. The number of hydrogen-bond donors (Lipinski definition) is 3. The molecule has 0 aliphatic carbocycles. The first kappa shape index (κ1) is 42.6. The molecule has 1 amide bonds. The van der Waals surface area contributed by atoms with Crippen LogP contribution in [0.25, 0.3) is 17.3 Å². The molecule has 4 rings (SSSR count). The fraction of sp³-hybridized carbons (Fsp3) is 0.462. The number of halogens is 1. The Kier molecular flexibility index (Phi) is 13.9. The van der Waals surface area contributed by atoms with Crippen molar-refractivity contribution in [3.63, 3.8) is 0 Å². The smallest absolute Gasteiger partial charge is 0.333 e. The molecule has 1 aliphatic rings. The van der Waals surface area contributed by atoms with Crippen molar-refractivity contribution in [3.05, 3.63) is 97.5 Å². The van der Waals surface area contributed by atoms with Crippen molar-refractivity contribution in [1.82, 2.24) is 14.0 Å². The van der Waals surface area contributed by atoms with Crippen molar-refractivity contribution in [2.45, 2.75) is 85.0 Å². The number of aromatic hydroxyl groups is 1. The third-order valence-corrected chi connectivity index (χ3v) is 11.8. The minimum atomic E-state index is -4.13. The molecule has 2 aromatic heterocycles. The molecule has 2 atom stereocenters. The molecule has 1 aliphatic heterocycles. The lowest BCUT2D eigenvalue weighted by Crippen LogP contribution is -3.17. The van der Waals surface area contributed by atoms with Gasteiger partial charge in [0.1, 0.15) is 5.56 Å². The number of nitrogens with zero attached hydrogens (tertiary/aromatic N) is 5. The van der Waals surface area contributed by atoms with Gasteiger partial charge < -0.3 is 14.9 Å². The van der Waals surface area contributed by atoms with E-state index in [4.69, 9.17) is 4.55 Å². The highest BCUT2D eigenvalue weighted by Gasteiger charge is 2.44. The Morgan fingerprint density at radius 3 is 2.50 bits per heavy atom. The number of amides is 1. The molecule has 0 bridgehead atoms. The van der Waals surface area contributed by atoms with Crippen molar-refractivity contribution in [1.29, 1.82) is 5.26 Å². The quantitative estimate of drug-likeness (QED) is 0.0493. The summed E-state index contributed by atoms with van der Waals surface area (Å²) in [6.45, 7) is 14.2. The van der Waals surface area contributed by atoms with E-state index in [1.807, 2.05) is 59.1 Å². The normalized spacial score (nSPS) is 14.9. The van der Waals surface area contributed by atoms with Gasteiger partial charge in [0.2, 0.25) is 17.5 Å². The topological polar surface area (TPSA) is 171 Å². The van der Waals surface area contributed by atoms with E-state index in [1.54, 1.807) is 11.0 Å². The number of carbonyl (C=O) groups is 1. The molecular formula is C39H51IN6O7S+2. The lowest BCUT2D eigenvalue weighted by atomic mass is 9.82. The average Bonchev–Trinajstić information content (AvgIpc) is 3.34. The first-order valence-electron chi connectivity index (χ1n) is 18.0. The molecular weight excluding hydrogens is 823 g/mol. The first-order valence-corrected chi connectivity index (χ1v) is 21.2. The maximum atomic E-state index is 13.5. The van der Waals surface area contributed by atoms with Gasteiger partial charge in [-0.15, -0.1) is 0 Å². The number of alkyl halides is 1. The second kappa shape index (κ2) is 17.6. The molecule has 54 heavy (non-hydrogen) atoms. The molecule has 3 heterocycles. The summed E-state index contributed by atoms with van der Waals surface area (Å²) >= 11 is 1.98. The molecule has 1 aromatic carbocycles. The third-order valence-electron chi connectivity index (χ3n) is 10.3. The number of rotatable bonds is 16. The van der Waals surface area contributed by atoms with E-state index < -0.39 is 38.4 Å². The molecule has 3 N–H and O–H groups in total. The third kappa shape index (κ3) is 9.39. The molecule has 13 nitrogen and oxygen atoms in total. The van der Waals surface area contributed by atoms with E-state index in [0.717, 1.165) is 38.2 Å². The summed E-state index contributed by atoms with van der Waals surface area (Å²) in [5, 5.41) is 21.0. The highest BCUT2D eigenvalue weighted by molar-refractivity contribution is 14.1. The van der Waals surface area contributed by atoms with E-state index in [9.17, 15) is 33.2 Å². The van der Waals surface area contributed by atoms with Crippen LogP contribution in [0.1, 0.15) is 82.3 Å². The van der Waals surface area contributed by atoms with E-state index in [-0.39, 0.29) is 48.0 Å². The Labute approximate surface area is 330 Å². The number of quaternary nitrogens is 1. The molecule has 0 radical (unpaired) electrons. The van der Waals surface area contributed by atoms with Gasteiger partial charge in [0.15, 0.2) is 11.9 Å². The zero-order chi connectivity index (χ0) is 40.1. The van der Waals surface area contributed by atoms with E-state index in [1.165, 1.54) is 24.1 Å². The predicted octanol–water partition coefficient (Wildman–Crippen LogP) is 2.92. The van der Waals surface area contributed by atoms with Crippen molar-refractivity contribution < 1.29 is 32.3 Å². The Hall–Kier alpha value is -4.11. The first-order chi connectivity index (χ1) is 25.4. The lowest BCUT2D eigenvalue weighted by molar-refractivity contribution is -0.942. The minimum Gasteiger partial charge on any atom is -0.494 e. The van der Waals surface area contributed by atoms with Crippen molar-refractivity contribution in [2.75, 3.05) is 23.3 Å². The van der Waals surface area contributed by atoms with Crippen molar-refractivity contribution in [2.24, 2.45) is 7.05 Å². The summed E-state index contributed by atoms with van der Waals surface area (Å²) in [5.74, 6) is -1.01. The van der Waals surface area contributed by atoms with Gasteiger partial charge >= 0.3 is 5.69 Å². The number of carbonyl (C=O) groups excluding carboxylic acids is 1. The maximum Gasteiger partial charge on any atom is 0.333 e. The van der Waals surface area contributed by atoms with Crippen LogP contribution in [0.2, 0.25) is 0 Å². The van der Waals surface area contributed by atoms with Crippen LogP contribution in [-0.2, 0) is 40.5 Å². The standard InChI is InChI=1S/C39H49IN6O7S/c1-8-44(26(2)3)27(4)15-18-46-37(49)31(36(48)42(7)38(46)50)12-9-11-30(24-41)29-16-19-45-33-14-13-28(21-32(33)39(5,6)34(45)22-29)25-43(35(47)23-40)17-10-20-54(51,52)53/h9,11-14,16,19,21-22,26-27H,8,10,15,17-18,20,23,25H2,1-7H3,(H,51,52,53)/p+2. The number of pyridine rings is 1. The van der Waals surface area contributed by atoms with Crippen LogP contribution in [0.3, 0.4) is 0 Å². The van der Waals surface area contributed by atoms with E-state index in [0.29, 0.717) is 23.6 Å². The Balaban J connectivity index is 1.60. The van der Waals surface area contributed by atoms with Crippen LogP contribution in [-0.4, -0.2) is 73.4 Å². The zero-order valence-electron chi connectivity index (χ0n) is 32.0. The molecule has 0 saturated carbocycles. The van der Waals surface area contributed by atoms with E-state index >= 15 is 0 Å². The van der Waals surface area contributed by atoms with Crippen molar-refractivity contribution >= 4 is 50.3 Å². The summed E-state index contributed by atoms with van der Waals surface area (Å²) in [6.07, 6.45) is 7.14. The van der Waals surface area contributed by atoms with Crippen LogP contribution in [0.4, 0.5) is 0 Å². The molecule has 15 heteroatoms. The summed E-state index contributed by atoms with van der Waals surface area (Å²) in [6, 6.07) is 12.6. The molecule has 3 aromatic rings. The fourth-order valence-electron chi connectivity index (χ4n) is 7.32. The van der Waals surface area contributed by atoms with Gasteiger partial charge in [0.05, 0.1) is 45.9 Å². The fourth-order valence-corrected chi connectivity index (χ4v) is 8.30. The highest BCUT2D eigenvalue weighted by atomic mass is 127. The molecule has 0 saturated heterocycles. The number of nitrogens with one attached hydrogen (secondary N) is 1. The summed E-state index contributed by atoms with van der Waals surface area (Å²) in [4.78, 5) is 42.1. The zero-order valence-corrected chi connectivity index (χ0v) is 34.9. The lowest BCUT2D eigenvalue weighted by Gasteiger charge is -2.28. The van der Waals surface area contributed by atoms with E-state index in [2.05, 4.69) is 52.2 Å². The monoisotopic (exact) mass is 874 g/mol. The average molecular weight is 875 g/mol. The minimum absolute atomic E-state index is 0.0454. The number of benzene rings is 1. The number of fused-ring (bicyclic) bond motifs is 3. The summed E-state index contributed by atoms with van der Waals surface area (Å²) in [5.41, 5.74) is 3.03.